The number of nitrogens with two attached hydrogens (primary N) is 1. The number of halogens is 7. The molecule has 1 aromatic rings. The number of benzene rings is 1. The summed E-state index contributed by atoms with van der Waals surface area (Å²) in [6, 6.07) is -1.95. The van der Waals surface area contributed by atoms with Gasteiger partial charge in [-0.15, -0.1) is 0 Å². The Morgan fingerprint density at radius 2 is 1.54 bits per heavy atom. The number of rotatable bonds is 3. The molecular formula is C15H16F7NO. The largest absolute Gasteiger partial charge is 0.416 e. The van der Waals surface area contributed by atoms with E-state index in [0.717, 1.165) is 12.8 Å². The topological polar surface area (TPSA) is 46.2 Å². The Morgan fingerprint density at radius 3 is 2.00 bits per heavy atom. The Balaban J connectivity index is 2.51. The second-order valence-corrected chi connectivity index (χ2v) is 5.98. The van der Waals surface area contributed by atoms with Crippen molar-refractivity contribution in [3.05, 3.63) is 34.6 Å². The molecule has 0 saturated heterocycles. The minimum absolute atomic E-state index is 0.0220. The fraction of sp³-hybridized carbons (Fsp3) is 0.600. The van der Waals surface area contributed by atoms with Crippen molar-refractivity contribution in [2.45, 2.75) is 50.2 Å². The van der Waals surface area contributed by atoms with Crippen molar-refractivity contribution in [3.8, 4) is 0 Å². The van der Waals surface area contributed by atoms with Gasteiger partial charge in [0.25, 0.3) is 0 Å². The molecule has 136 valence electrons. The lowest BCUT2D eigenvalue weighted by Crippen LogP contribution is -2.34. The van der Waals surface area contributed by atoms with Crippen LogP contribution in [0.1, 0.15) is 48.4 Å². The predicted octanol–water partition coefficient (Wildman–Crippen LogP) is 4.41. The Hall–Kier alpha value is -1.35. The van der Waals surface area contributed by atoms with Crippen LogP contribution in [0.15, 0.2) is 12.1 Å². The molecule has 0 radical (unpaired) electrons. The summed E-state index contributed by atoms with van der Waals surface area (Å²) < 4.78 is 91.4. The van der Waals surface area contributed by atoms with E-state index in [1.165, 1.54) is 0 Å². The van der Waals surface area contributed by atoms with Crippen molar-refractivity contribution in [1.82, 2.24) is 0 Å². The number of hydrogen-bond acceptors (Lipinski definition) is 2. The highest BCUT2D eigenvalue weighted by Crippen LogP contribution is 2.42. The molecule has 2 rings (SSSR count). The van der Waals surface area contributed by atoms with Gasteiger partial charge in [0.15, 0.2) is 0 Å². The Bertz CT molecular complexity index is 591. The lowest BCUT2D eigenvalue weighted by molar-refractivity contribution is -0.144. The Morgan fingerprint density at radius 1 is 1.00 bits per heavy atom. The third kappa shape index (κ3) is 3.83. The summed E-state index contributed by atoms with van der Waals surface area (Å²) in [5, 5.41) is 10.1. The van der Waals surface area contributed by atoms with Gasteiger partial charge in [-0.25, -0.2) is 4.39 Å². The fourth-order valence-electron chi connectivity index (χ4n) is 3.12. The highest BCUT2D eigenvalue weighted by atomic mass is 19.4. The average molecular weight is 359 g/mol. The van der Waals surface area contributed by atoms with Crippen molar-refractivity contribution >= 4 is 0 Å². The molecule has 0 amide bonds. The molecule has 24 heavy (non-hydrogen) atoms. The van der Waals surface area contributed by atoms with Crippen LogP contribution in [-0.2, 0) is 12.4 Å². The summed E-state index contributed by atoms with van der Waals surface area (Å²) >= 11 is 0. The van der Waals surface area contributed by atoms with E-state index in [1.54, 1.807) is 0 Å². The van der Waals surface area contributed by atoms with Gasteiger partial charge in [0.05, 0.1) is 23.3 Å². The first-order chi connectivity index (χ1) is 10.9. The van der Waals surface area contributed by atoms with Gasteiger partial charge in [0.1, 0.15) is 5.82 Å². The summed E-state index contributed by atoms with van der Waals surface area (Å²) in [4.78, 5) is 0. The zero-order valence-electron chi connectivity index (χ0n) is 12.4. The zero-order chi connectivity index (χ0) is 18.3. The molecular weight excluding hydrogens is 343 g/mol. The van der Waals surface area contributed by atoms with Crippen LogP contribution < -0.4 is 5.73 Å². The molecule has 0 aromatic heterocycles. The standard InChI is InChI=1S/C15H16F7NO/c16-10-6-8(14(17,18)19)5-9(15(20,21)22)11(10)12(23)13(24)7-3-1-2-4-7/h5-7,12-13,24H,1-4,23H2/t12-,13+/m0/s1. The third-order valence-electron chi connectivity index (χ3n) is 4.35. The highest BCUT2D eigenvalue weighted by Gasteiger charge is 2.42. The molecule has 0 spiro atoms. The molecule has 1 aliphatic rings. The highest BCUT2D eigenvalue weighted by molar-refractivity contribution is 5.39. The van der Waals surface area contributed by atoms with Crippen LogP contribution >= 0.6 is 0 Å². The van der Waals surface area contributed by atoms with Gasteiger partial charge in [-0.1, -0.05) is 12.8 Å². The van der Waals surface area contributed by atoms with Crippen LogP contribution in [0.5, 0.6) is 0 Å². The van der Waals surface area contributed by atoms with Crippen LogP contribution in [0.3, 0.4) is 0 Å². The molecule has 0 bridgehead atoms. The van der Waals surface area contributed by atoms with E-state index in [-0.39, 0.29) is 12.1 Å². The summed E-state index contributed by atoms with van der Waals surface area (Å²) in [7, 11) is 0. The molecule has 3 N–H and O–H groups in total. The van der Waals surface area contributed by atoms with Crippen molar-refractivity contribution in [2.75, 3.05) is 0 Å². The predicted molar refractivity (Wildman–Crippen MR) is 71.3 cm³/mol. The van der Waals surface area contributed by atoms with Crippen LogP contribution in [0.2, 0.25) is 0 Å². The first kappa shape index (κ1) is 19.0. The maximum atomic E-state index is 14.1. The van der Waals surface area contributed by atoms with E-state index >= 15 is 0 Å². The summed E-state index contributed by atoms with van der Waals surface area (Å²) in [6.07, 6.45) is -9.25. The van der Waals surface area contributed by atoms with Gasteiger partial charge < -0.3 is 10.8 Å². The summed E-state index contributed by atoms with van der Waals surface area (Å²) in [6.45, 7) is 0. The van der Waals surface area contributed by atoms with Gasteiger partial charge in [-0.05, 0) is 30.9 Å². The molecule has 1 aliphatic carbocycles. The number of aliphatic hydroxyl groups excluding tert-OH is 1. The Labute approximate surface area is 133 Å². The minimum atomic E-state index is -5.23. The third-order valence-corrected chi connectivity index (χ3v) is 4.35. The number of alkyl halides is 6. The monoisotopic (exact) mass is 359 g/mol. The minimum Gasteiger partial charge on any atom is -0.391 e. The van der Waals surface area contributed by atoms with E-state index in [1.807, 2.05) is 0 Å². The SMILES string of the molecule is N[C@@H](c1c(F)cc(C(F)(F)F)cc1C(F)(F)F)[C@H](O)C1CCCC1. The average Bonchev–Trinajstić information content (AvgIpc) is 2.97. The lowest BCUT2D eigenvalue weighted by atomic mass is 9.87. The van der Waals surface area contributed by atoms with Crippen molar-refractivity contribution < 1.29 is 35.8 Å². The van der Waals surface area contributed by atoms with Crippen molar-refractivity contribution in [2.24, 2.45) is 11.7 Å². The molecule has 0 aliphatic heterocycles. The van der Waals surface area contributed by atoms with Crippen LogP contribution in [0, 0.1) is 11.7 Å². The lowest BCUT2D eigenvalue weighted by Gasteiger charge is -2.27. The molecule has 1 fully saturated rings. The molecule has 9 heteroatoms. The van der Waals surface area contributed by atoms with Crippen LogP contribution in [-0.4, -0.2) is 11.2 Å². The first-order valence-corrected chi connectivity index (χ1v) is 7.34. The molecule has 1 aromatic carbocycles. The van der Waals surface area contributed by atoms with E-state index in [2.05, 4.69) is 0 Å². The van der Waals surface area contributed by atoms with E-state index in [0.29, 0.717) is 12.8 Å². The van der Waals surface area contributed by atoms with Crippen LogP contribution in [0.4, 0.5) is 30.7 Å². The number of hydrogen-bond donors (Lipinski definition) is 2. The molecule has 2 atom stereocenters. The van der Waals surface area contributed by atoms with Gasteiger partial charge in [-0.3, -0.25) is 0 Å². The van der Waals surface area contributed by atoms with Gasteiger partial charge in [0.2, 0.25) is 0 Å². The van der Waals surface area contributed by atoms with Crippen molar-refractivity contribution in [1.29, 1.82) is 0 Å². The first-order valence-electron chi connectivity index (χ1n) is 7.34. The number of aliphatic hydroxyl groups is 1. The smallest absolute Gasteiger partial charge is 0.391 e. The summed E-state index contributed by atoms with van der Waals surface area (Å²) in [5.74, 6) is -2.12. The summed E-state index contributed by atoms with van der Waals surface area (Å²) in [5.41, 5.74) is 0.917. The van der Waals surface area contributed by atoms with E-state index in [4.69, 9.17) is 5.73 Å². The second kappa shape index (κ2) is 6.51. The second-order valence-electron chi connectivity index (χ2n) is 5.98. The Kier molecular flexibility index (Phi) is 5.15. The fourth-order valence-corrected chi connectivity index (χ4v) is 3.12. The van der Waals surface area contributed by atoms with Gasteiger partial charge >= 0.3 is 12.4 Å². The zero-order valence-corrected chi connectivity index (χ0v) is 12.4. The normalized spacial score (nSPS) is 19.5. The molecule has 0 unspecified atom stereocenters. The quantitative estimate of drug-likeness (QED) is 0.785. The molecule has 0 heterocycles. The maximum absolute atomic E-state index is 14.1. The molecule has 1 saturated carbocycles. The van der Waals surface area contributed by atoms with E-state index < -0.39 is 52.9 Å². The van der Waals surface area contributed by atoms with Crippen molar-refractivity contribution in [3.63, 3.8) is 0 Å². The molecule has 2 nitrogen and oxygen atoms in total. The maximum Gasteiger partial charge on any atom is 0.416 e. The van der Waals surface area contributed by atoms with E-state index in [9.17, 15) is 35.8 Å². The van der Waals surface area contributed by atoms with Gasteiger partial charge in [-0.2, -0.15) is 26.3 Å². The van der Waals surface area contributed by atoms with Gasteiger partial charge in [0, 0.05) is 5.56 Å². The van der Waals surface area contributed by atoms with Crippen LogP contribution in [0.25, 0.3) is 0 Å².